The van der Waals surface area contributed by atoms with Crippen LogP contribution in [0, 0.1) is 0 Å². The summed E-state index contributed by atoms with van der Waals surface area (Å²) in [5.41, 5.74) is 4.02. The fraction of sp³-hybridized carbons (Fsp3) is 0.333. The summed E-state index contributed by atoms with van der Waals surface area (Å²) in [5, 5.41) is 5.96. The number of H-pyrrole nitrogens is 1. The Balaban J connectivity index is 1.54. The largest absolute Gasteiger partial charge is 0.458 e. The number of aromatic nitrogens is 3. The molecule has 0 saturated heterocycles. The van der Waals surface area contributed by atoms with E-state index in [1.54, 1.807) is 17.1 Å². The lowest BCUT2D eigenvalue weighted by Crippen LogP contribution is -2.25. The van der Waals surface area contributed by atoms with Gasteiger partial charge in [-0.1, -0.05) is 11.6 Å². The first kappa shape index (κ1) is 15.3. The number of fused-ring (bicyclic) bond motifs is 3. The van der Waals surface area contributed by atoms with E-state index in [1.807, 2.05) is 25.1 Å². The maximum atomic E-state index is 12.3. The Morgan fingerprint density at radius 3 is 3.17 bits per heavy atom. The quantitative estimate of drug-likeness (QED) is 0.737. The standard InChI is InChI=1S/C18H18ClN3O2/c1-2-22-10-11(9-20-22)18(23)24-13-4-6-17-15(8-13)14-7-12(19)3-5-16(14)21-17/h3,5,7,9-10,13,21H,2,4,6,8H2,1H3. The Bertz CT molecular complexity index is 912. The average Bonchev–Trinajstić information content (AvgIpc) is 3.19. The summed E-state index contributed by atoms with van der Waals surface area (Å²) in [6, 6.07) is 5.85. The van der Waals surface area contributed by atoms with Crippen LogP contribution in [0.4, 0.5) is 0 Å². The molecular formula is C18H18ClN3O2. The molecule has 1 aliphatic carbocycles. The molecule has 1 unspecified atom stereocenters. The number of hydrogen-bond donors (Lipinski definition) is 1. The second kappa shape index (κ2) is 5.98. The topological polar surface area (TPSA) is 59.9 Å². The Kier molecular flexibility index (Phi) is 3.81. The van der Waals surface area contributed by atoms with Gasteiger partial charge in [-0.15, -0.1) is 0 Å². The molecule has 4 rings (SSSR count). The molecule has 6 heteroatoms. The van der Waals surface area contributed by atoms with Crippen LogP contribution in [0.25, 0.3) is 10.9 Å². The number of esters is 1. The second-order valence-electron chi connectivity index (χ2n) is 6.13. The first-order valence-electron chi connectivity index (χ1n) is 8.16. The number of hydrogen-bond acceptors (Lipinski definition) is 3. The minimum Gasteiger partial charge on any atom is -0.458 e. The van der Waals surface area contributed by atoms with E-state index in [0.29, 0.717) is 12.0 Å². The van der Waals surface area contributed by atoms with Crippen molar-refractivity contribution in [3.63, 3.8) is 0 Å². The SMILES string of the molecule is CCn1cc(C(=O)OC2CCc3[nH]c4ccc(Cl)cc4c3C2)cn1. The number of aromatic amines is 1. The zero-order valence-corrected chi connectivity index (χ0v) is 14.1. The van der Waals surface area contributed by atoms with Gasteiger partial charge in [-0.05, 0) is 43.5 Å². The molecule has 0 aliphatic heterocycles. The van der Waals surface area contributed by atoms with Gasteiger partial charge in [0.05, 0.1) is 11.8 Å². The predicted octanol–water partition coefficient (Wildman–Crippen LogP) is 3.75. The summed E-state index contributed by atoms with van der Waals surface area (Å²) < 4.78 is 7.42. The van der Waals surface area contributed by atoms with Gasteiger partial charge in [0.2, 0.25) is 0 Å². The molecule has 0 bridgehead atoms. The molecule has 1 atom stereocenters. The van der Waals surface area contributed by atoms with Crippen molar-refractivity contribution in [2.75, 3.05) is 0 Å². The minimum absolute atomic E-state index is 0.118. The van der Waals surface area contributed by atoms with Crippen molar-refractivity contribution in [2.24, 2.45) is 0 Å². The van der Waals surface area contributed by atoms with Gasteiger partial charge in [-0.25, -0.2) is 4.79 Å². The number of halogens is 1. The molecule has 124 valence electrons. The number of ether oxygens (including phenoxy) is 1. The zero-order chi connectivity index (χ0) is 16.7. The van der Waals surface area contributed by atoms with Crippen LogP contribution in [0.1, 0.15) is 35.0 Å². The van der Waals surface area contributed by atoms with Crippen LogP contribution in [0.2, 0.25) is 5.02 Å². The van der Waals surface area contributed by atoms with Crippen LogP contribution < -0.4 is 0 Å². The first-order valence-corrected chi connectivity index (χ1v) is 8.54. The molecule has 5 nitrogen and oxygen atoms in total. The number of nitrogens with one attached hydrogen (secondary N) is 1. The predicted molar refractivity (Wildman–Crippen MR) is 92.4 cm³/mol. The van der Waals surface area contributed by atoms with Gasteiger partial charge >= 0.3 is 5.97 Å². The van der Waals surface area contributed by atoms with Gasteiger partial charge in [0, 0.05) is 40.8 Å². The summed E-state index contributed by atoms with van der Waals surface area (Å²) in [7, 11) is 0. The van der Waals surface area contributed by atoms with Crippen molar-refractivity contribution in [3.8, 4) is 0 Å². The third-order valence-electron chi connectivity index (χ3n) is 4.57. The van der Waals surface area contributed by atoms with Gasteiger partial charge in [0.25, 0.3) is 0 Å². The van der Waals surface area contributed by atoms with E-state index in [4.69, 9.17) is 16.3 Å². The normalized spacial score (nSPS) is 17.0. The lowest BCUT2D eigenvalue weighted by molar-refractivity contribution is 0.0271. The van der Waals surface area contributed by atoms with E-state index in [0.717, 1.165) is 35.3 Å². The van der Waals surface area contributed by atoms with Crippen molar-refractivity contribution in [2.45, 2.75) is 38.8 Å². The van der Waals surface area contributed by atoms with Gasteiger partial charge in [0.15, 0.2) is 0 Å². The molecule has 1 N–H and O–H groups in total. The number of aryl methyl sites for hydroxylation is 2. The number of benzene rings is 1. The molecule has 0 fully saturated rings. The van der Waals surface area contributed by atoms with Crippen molar-refractivity contribution in [3.05, 3.63) is 52.4 Å². The molecule has 3 aromatic rings. The molecule has 24 heavy (non-hydrogen) atoms. The Morgan fingerprint density at radius 2 is 2.38 bits per heavy atom. The third-order valence-corrected chi connectivity index (χ3v) is 4.81. The summed E-state index contributed by atoms with van der Waals surface area (Å²) in [6.07, 6.45) is 5.57. The zero-order valence-electron chi connectivity index (χ0n) is 13.4. The number of carbonyl (C=O) groups is 1. The Labute approximate surface area is 144 Å². The van der Waals surface area contributed by atoms with E-state index in [2.05, 4.69) is 10.1 Å². The summed E-state index contributed by atoms with van der Waals surface area (Å²) >= 11 is 6.13. The lowest BCUT2D eigenvalue weighted by atomic mass is 9.93. The van der Waals surface area contributed by atoms with Crippen molar-refractivity contribution >= 4 is 28.5 Å². The Morgan fingerprint density at radius 1 is 1.50 bits per heavy atom. The van der Waals surface area contributed by atoms with Crippen molar-refractivity contribution < 1.29 is 9.53 Å². The molecule has 2 aromatic heterocycles. The molecular weight excluding hydrogens is 326 g/mol. The second-order valence-corrected chi connectivity index (χ2v) is 6.56. The molecule has 0 spiro atoms. The summed E-state index contributed by atoms with van der Waals surface area (Å²) in [5.74, 6) is -0.305. The van der Waals surface area contributed by atoms with Crippen molar-refractivity contribution in [1.82, 2.24) is 14.8 Å². The maximum absolute atomic E-state index is 12.3. The average molecular weight is 344 g/mol. The molecule has 2 heterocycles. The smallest absolute Gasteiger partial charge is 0.341 e. The van der Waals surface area contributed by atoms with Crippen LogP contribution in [0.3, 0.4) is 0 Å². The van der Waals surface area contributed by atoms with E-state index in [-0.39, 0.29) is 12.1 Å². The number of rotatable bonds is 3. The molecule has 0 radical (unpaired) electrons. The highest BCUT2D eigenvalue weighted by atomic mass is 35.5. The van der Waals surface area contributed by atoms with Crippen LogP contribution in [-0.4, -0.2) is 26.8 Å². The summed E-state index contributed by atoms with van der Waals surface area (Å²) in [4.78, 5) is 15.8. The Hall–Kier alpha value is -2.27. The summed E-state index contributed by atoms with van der Waals surface area (Å²) in [6.45, 7) is 2.71. The maximum Gasteiger partial charge on any atom is 0.341 e. The van der Waals surface area contributed by atoms with Gasteiger partial charge in [0.1, 0.15) is 6.10 Å². The van der Waals surface area contributed by atoms with E-state index >= 15 is 0 Å². The highest BCUT2D eigenvalue weighted by Crippen LogP contribution is 2.32. The van der Waals surface area contributed by atoms with E-state index < -0.39 is 0 Å². The van der Waals surface area contributed by atoms with Crippen LogP contribution in [0.15, 0.2) is 30.6 Å². The van der Waals surface area contributed by atoms with Gasteiger partial charge in [-0.3, -0.25) is 4.68 Å². The van der Waals surface area contributed by atoms with E-state index in [9.17, 15) is 4.79 Å². The first-order chi connectivity index (χ1) is 11.6. The number of nitrogens with zero attached hydrogens (tertiary/aromatic N) is 2. The highest BCUT2D eigenvalue weighted by molar-refractivity contribution is 6.31. The van der Waals surface area contributed by atoms with Crippen molar-refractivity contribution in [1.29, 1.82) is 0 Å². The number of carbonyl (C=O) groups excluding carboxylic acids is 1. The van der Waals surface area contributed by atoms with E-state index in [1.165, 1.54) is 11.3 Å². The lowest BCUT2D eigenvalue weighted by Gasteiger charge is -2.22. The fourth-order valence-electron chi connectivity index (χ4n) is 3.32. The van der Waals surface area contributed by atoms with Gasteiger partial charge < -0.3 is 9.72 Å². The molecule has 0 saturated carbocycles. The minimum atomic E-state index is -0.305. The van der Waals surface area contributed by atoms with Crippen LogP contribution in [0.5, 0.6) is 0 Å². The molecule has 0 amide bonds. The highest BCUT2D eigenvalue weighted by Gasteiger charge is 2.26. The van der Waals surface area contributed by atoms with Gasteiger partial charge in [-0.2, -0.15) is 5.10 Å². The molecule has 1 aliphatic rings. The van der Waals surface area contributed by atoms with Crippen LogP contribution in [-0.2, 0) is 24.1 Å². The fourth-order valence-corrected chi connectivity index (χ4v) is 3.49. The molecule has 1 aromatic carbocycles. The third kappa shape index (κ3) is 2.69. The van der Waals surface area contributed by atoms with Crippen LogP contribution >= 0.6 is 11.6 Å². The monoisotopic (exact) mass is 343 g/mol.